The number of halogens is 1. The number of hydrogen-bond acceptors (Lipinski definition) is 5. The summed E-state index contributed by atoms with van der Waals surface area (Å²) in [6.45, 7) is -0.553. The summed E-state index contributed by atoms with van der Waals surface area (Å²) in [6.07, 6.45) is -1.01. The molecule has 0 fully saturated rings. The van der Waals surface area contributed by atoms with Gasteiger partial charge in [-0.25, -0.2) is 0 Å². The minimum absolute atomic E-state index is 0.115. The minimum atomic E-state index is -1.01. The lowest BCUT2D eigenvalue weighted by Gasteiger charge is -2.10. The summed E-state index contributed by atoms with van der Waals surface area (Å²) in [6, 6.07) is 4.34. The Bertz CT molecular complexity index is 384. The van der Waals surface area contributed by atoms with E-state index in [-0.39, 0.29) is 22.5 Å². The highest BCUT2D eigenvalue weighted by atomic mass is 79.9. The molecule has 0 saturated heterocycles. The molecule has 0 heterocycles. The summed E-state index contributed by atoms with van der Waals surface area (Å²) in [4.78, 5) is 10.1. The van der Waals surface area contributed by atoms with Crippen molar-refractivity contribution in [2.75, 3.05) is 13.2 Å². The van der Waals surface area contributed by atoms with Crippen LogP contribution in [0.2, 0.25) is 0 Å². The van der Waals surface area contributed by atoms with Gasteiger partial charge in [0.25, 0.3) is 5.69 Å². The van der Waals surface area contributed by atoms with Gasteiger partial charge in [-0.05, 0) is 22.0 Å². The number of rotatable bonds is 5. The first-order valence-electron chi connectivity index (χ1n) is 4.41. The third kappa shape index (κ3) is 3.16. The molecule has 0 aliphatic rings. The zero-order valence-corrected chi connectivity index (χ0v) is 9.75. The first-order chi connectivity index (χ1) is 7.56. The third-order valence-electron chi connectivity index (χ3n) is 1.78. The molecule has 0 bridgehead atoms. The molecule has 1 aromatic rings. The molecule has 1 unspecified atom stereocenters. The molecule has 0 aliphatic carbocycles. The molecule has 7 heteroatoms. The Hall–Kier alpha value is -1.18. The van der Waals surface area contributed by atoms with Gasteiger partial charge in [-0.2, -0.15) is 0 Å². The van der Waals surface area contributed by atoms with Crippen LogP contribution in [0.15, 0.2) is 22.7 Å². The molecule has 0 aromatic heterocycles. The first-order valence-corrected chi connectivity index (χ1v) is 5.20. The second kappa shape index (κ2) is 5.78. The molecule has 0 amide bonds. The fraction of sp³-hybridized carbons (Fsp3) is 0.333. The molecular weight excluding hydrogens is 282 g/mol. The van der Waals surface area contributed by atoms with E-state index >= 15 is 0 Å². The Morgan fingerprint density at radius 2 is 2.25 bits per heavy atom. The van der Waals surface area contributed by atoms with E-state index in [9.17, 15) is 10.1 Å². The Kier molecular flexibility index (Phi) is 4.66. The van der Waals surface area contributed by atoms with Crippen LogP contribution in [0.5, 0.6) is 5.75 Å². The highest BCUT2D eigenvalue weighted by molar-refractivity contribution is 9.10. The molecule has 16 heavy (non-hydrogen) atoms. The van der Waals surface area contributed by atoms with E-state index in [1.807, 2.05) is 0 Å². The van der Waals surface area contributed by atoms with Crippen molar-refractivity contribution in [3.63, 3.8) is 0 Å². The SMILES string of the molecule is O=[N+]([O-])c1cccc(OCC(O)CO)c1Br. The van der Waals surface area contributed by atoms with Crippen LogP contribution in [0.25, 0.3) is 0 Å². The van der Waals surface area contributed by atoms with Gasteiger partial charge in [-0.15, -0.1) is 0 Å². The lowest BCUT2D eigenvalue weighted by molar-refractivity contribution is -0.385. The number of nitro groups is 1. The van der Waals surface area contributed by atoms with Gasteiger partial charge in [0, 0.05) is 6.07 Å². The number of benzene rings is 1. The van der Waals surface area contributed by atoms with E-state index < -0.39 is 17.6 Å². The average molecular weight is 292 g/mol. The number of aliphatic hydroxyl groups is 2. The Morgan fingerprint density at radius 3 is 2.81 bits per heavy atom. The topological polar surface area (TPSA) is 92.8 Å². The van der Waals surface area contributed by atoms with Crippen LogP contribution in [-0.4, -0.2) is 34.5 Å². The van der Waals surface area contributed by atoms with Gasteiger partial charge in [-0.1, -0.05) is 6.07 Å². The number of ether oxygens (including phenoxy) is 1. The van der Waals surface area contributed by atoms with Crippen LogP contribution >= 0.6 is 15.9 Å². The van der Waals surface area contributed by atoms with E-state index in [0.29, 0.717) is 0 Å². The second-order valence-electron chi connectivity index (χ2n) is 2.99. The van der Waals surface area contributed by atoms with Crippen LogP contribution in [0.1, 0.15) is 0 Å². The van der Waals surface area contributed by atoms with Gasteiger partial charge >= 0.3 is 0 Å². The van der Waals surface area contributed by atoms with Gasteiger partial charge < -0.3 is 14.9 Å². The quantitative estimate of drug-likeness (QED) is 0.626. The van der Waals surface area contributed by atoms with Crippen molar-refractivity contribution in [1.82, 2.24) is 0 Å². The summed E-state index contributed by atoms with van der Waals surface area (Å²) in [5.41, 5.74) is -0.115. The van der Waals surface area contributed by atoms with E-state index in [4.69, 9.17) is 14.9 Å². The van der Waals surface area contributed by atoms with E-state index in [1.54, 1.807) is 0 Å². The highest BCUT2D eigenvalue weighted by Crippen LogP contribution is 2.33. The predicted molar refractivity (Wildman–Crippen MR) is 59.4 cm³/mol. The molecule has 0 spiro atoms. The molecule has 1 aromatic carbocycles. The van der Waals surface area contributed by atoms with Gasteiger partial charge in [0.05, 0.1) is 11.5 Å². The van der Waals surface area contributed by atoms with Crippen LogP contribution in [0.3, 0.4) is 0 Å². The minimum Gasteiger partial charge on any atom is -0.489 e. The fourth-order valence-corrected chi connectivity index (χ4v) is 1.51. The van der Waals surface area contributed by atoms with E-state index in [1.165, 1.54) is 18.2 Å². The largest absolute Gasteiger partial charge is 0.489 e. The maximum Gasteiger partial charge on any atom is 0.287 e. The lowest BCUT2D eigenvalue weighted by Crippen LogP contribution is -2.21. The highest BCUT2D eigenvalue weighted by Gasteiger charge is 2.16. The van der Waals surface area contributed by atoms with Gasteiger partial charge in [0.2, 0.25) is 0 Å². The number of aliphatic hydroxyl groups excluding tert-OH is 2. The number of nitro benzene ring substituents is 1. The van der Waals surface area contributed by atoms with E-state index in [2.05, 4.69) is 15.9 Å². The maximum atomic E-state index is 10.6. The summed E-state index contributed by atoms with van der Waals surface area (Å²) in [5, 5.41) is 28.2. The van der Waals surface area contributed by atoms with Crippen LogP contribution < -0.4 is 4.74 Å². The van der Waals surface area contributed by atoms with Crippen molar-refractivity contribution < 1.29 is 19.9 Å². The summed E-state index contributed by atoms with van der Waals surface area (Å²) in [7, 11) is 0. The second-order valence-corrected chi connectivity index (χ2v) is 3.79. The molecule has 1 atom stereocenters. The van der Waals surface area contributed by atoms with Gasteiger partial charge in [0.1, 0.15) is 22.9 Å². The van der Waals surface area contributed by atoms with Crippen molar-refractivity contribution in [3.05, 3.63) is 32.8 Å². The van der Waals surface area contributed by atoms with Crippen LogP contribution in [-0.2, 0) is 0 Å². The van der Waals surface area contributed by atoms with Crippen LogP contribution in [0.4, 0.5) is 5.69 Å². The normalized spacial score (nSPS) is 12.2. The molecule has 0 saturated carbocycles. The Morgan fingerprint density at radius 1 is 1.56 bits per heavy atom. The van der Waals surface area contributed by atoms with Gasteiger partial charge in [-0.3, -0.25) is 10.1 Å². The Labute approximate surface area is 99.7 Å². The molecule has 0 radical (unpaired) electrons. The van der Waals surface area contributed by atoms with Crippen molar-refractivity contribution in [2.45, 2.75) is 6.10 Å². The summed E-state index contributed by atoms with van der Waals surface area (Å²) in [5.74, 6) is 0.252. The van der Waals surface area contributed by atoms with Crippen LogP contribution in [0, 0.1) is 10.1 Å². The molecule has 88 valence electrons. The molecule has 6 nitrogen and oxygen atoms in total. The molecule has 0 aliphatic heterocycles. The van der Waals surface area contributed by atoms with Crippen molar-refractivity contribution in [2.24, 2.45) is 0 Å². The predicted octanol–water partition coefficient (Wildman–Crippen LogP) is 1.09. The molecule has 2 N–H and O–H groups in total. The van der Waals surface area contributed by atoms with Gasteiger partial charge in [0.15, 0.2) is 0 Å². The number of hydrogen-bond donors (Lipinski definition) is 2. The molecule has 1 rings (SSSR count). The first kappa shape index (κ1) is 12.9. The standard InChI is InChI=1S/C9H10BrNO5/c10-9-7(11(14)15)2-1-3-8(9)16-5-6(13)4-12/h1-3,6,12-13H,4-5H2. The zero-order chi connectivity index (χ0) is 12.1. The van der Waals surface area contributed by atoms with Crippen molar-refractivity contribution in [3.8, 4) is 5.75 Å². The number of nitrogens with zero attached hydrogens (tertiary/aromatic N) is 1. The third-order valence-corrected chi connectivity index (χ3v) is 2.58. The summed E-state index contributed by atoms with van der Waals surface area (Å²) >= 11 is 3.04. The lowest BCUT2D eigenvalue weighted by atomic mass is 10.3. The maximum absolute atomic E-state index is 10.6. The van der Waals surface area contributed by atoms with Crippen molar-refractivity contribution in [1.29, 1.82) is 0 Å². The Balaban J connectivity index is 2.81. The molecular formula is C9H10BrNO5. The van der Waals surface area contributed by atoms with E-state index in [0.717, 1.165) is 0 Å². The average Bonchev–Trinajstić information content (AvgIpc) is 2.26. The zero-order valence-electron chi connectivity index (χ0n) is 8.17. The smallest absolute Gasteiger partial charge is 0.287 e. The van der Waals surface area contributed by atoms with Crippen molar-refractivity contribution >= 4 is 21.6 Å². The fourth-order valence-electron chi connectivity index (χ4n) is 0.990. The monoisotopic (exact) mass is 291 g/mol. The summed E-state index contributed by atoms with van der Waals surface area (Å²) < 4.78 is 5.33.